The van der Waals surface area contributed by atoms with Crippen LogP contribution >= 0.6 is 11.8 Å². The van der Waals surface area contributed by atoms with Crippen molar-refractivity contribution in [2.75, 3.05) is 0 Å². The fourth-order valence-corrected chi connectivity index (χ4v) is 2.98. The van der Waals surface area contributed by atoms with Gasteiger partial charge in [0.05, 0.1) is 9.79 Å². The molecule has 2 aromatic rings. The van der Waals surface area contributed by atoms with Crippen LogP contribution in [0.15, 0.2) is 46.2 Å². The Labute approximate surface area is 99.4 Å². The van der Waals surface area contributed by atoms with Crippen molar-refractivity contribution in [1.29, 1.82) is 0 Å². The van der Waals surface area contributed by atoms with Crippen LogP contribution in [0.3, 0.4) is 0 Å². The van der Waals surface area contributed by atoms with Crippen molar-refractivity contribution >= 4 is 11.8 Å². The molecular formula is C14H12OS. The van der Waals surface area contributed by atoms with E-state index in [4.69, 9.17) is 4.74 Å². The predicted molar refractivity (Wildman–Crippen MR) is 66.6 cm³/mol. The van der Waals surface area contributed by atoms with E-state index in [1.54, 1.807) is 0 Å². The van der Waals surface area contributed by atoms with Crippen LogP contribution in [0, 0.1) is 13.8 Å². The lowest BCUT2D eigenvalue weighted by Crippen LogP contribution is -1.97. The van der Waals surface area contributed by atoms with E-state index in [-0.39, 0.29) is 0 Å². The number of fused-ring (bicyclic) bond motifs is 2. The van der Waals surface area contributed by atoms with Crippen LogP contribution in [0.4, 0.5) is 0 Å². The number of hydrogen-bond acceptors (Lipinski definition) is 2. The summed E-state index contributed by atoms with van der Waals surface area (Å²) < 4.78 is 5.92. The van der Waals surface area contributed by atoms with Gasteiger partial charge in [-0.05, 0) is 37.1 Å². The highest BCUT2D eigenvalue weighted by atomic mass is 32.2. The van der Waals surface area contributed by atoms with Gasteiger partial charge in [0, 0.05) is 0 Å². The first-order valence-electron chi connectivity index (χ1n) is 5.30. The van der Waals surface area contributed by atoms with E-state index in [1.165, 1.54) is 20.9 Å². The predicted octanol–water partition coefficient (Wildman–Crippen LogP) is 4.56. The van der Waals surface area contributed by atoms with Crippen LogP contribution in [0.1, 0.15) is 11.1 Å². The molecular weight excluding hydrogens is 216 g/mol. The van der Waals surface area contributed by atoms with Crippen molar-refractivity contribution < 1.29 is 4.74 Å². The third kappa shape index (κ3) is 1.41. The van der Waals surface area contributed by atoms with Crippen LogP contribution < -0.4 is 4.74 Å². The van der Waals surface area contributed by atoms with Gasteiger partial charge in [-0.15, -0.1) is 0 Å². The minimum atomic E-state index is 0.975. The van der Waals surface area contributed by atoms with Gasteiger partial charge in [-0.25, -0.2) is 0 Å². The Bertz CT molecular complexity index is 511. The average molecular weight is 228 g/mol. The third-order valence-electron chi connectivity index (χ3n) is 2.78. The van der Waals surface area contributed by atoms with Crippen LogP contribution in [-0.4, -0.2) is 0 Å². The Kier molecular flexibility index (Phi) is 2.18. The second-order valence-corrected chi connectivity index (χ2v) is 5.03. The Morgan fingerprint density at radius 3 is 1.81 bits per heavy atom. The van der Waals surface area contributed by atoms with Gasteiger partial charge >= 0.3 is 0 Å². The molecule has 2 aromatic carbocycles. The first-order valence-corrected chi connectivity index (χ1v) is 6.12. The smallest absolute Gasteiger partial charge is 0.141 e. The van der Waals surface area contributed by atoms with Crippen LogP contribution in [0.25, 0.3) is 0 Å². The number of aryl methyl sites for hydroxylation is 2. The zero-order chi connectivity index (χ0) is 11.1. The van der Waals surface area contributed by atoms with Crippen molar-refractivity contribution in [2.24, 2.45) is 0 Å². The third-order valence-corrected chi connectivity index (χ3v) is 4.23. The minimum absolute atomic E-state index is 0.975. The summed E-state index contributed by atoms with van der Waals surface area (Å²) >= 11 is 1.81. The molecule has 0 aliphatic carbocycles. The Morgan fingerprint density at radius 2 is 1.31 bits per heavy atom. The Morgan fingerprint density at radius 1 is 0.812 bits per heavy atom. The molecule has 3 rings (SSSR count). The molecule has 0 N–H and O–H groups in total. The summed E-state index contributed by atoms with van der Waals surface area (Å²) in [5, 5.41) is 0. The van der Waals surface area contributed by atoms with Gasteiger partial charge in [0.15, 0.2) is 0 Å². The molecule has 0 atom stereocenters. The average Bonchev–Trinajstić information content (AvgIpc) is 2.28. The topological polar surface area (TPSA) is 9.23 Å². The quantitative estimate of drug-likeness (QED) is 0.558. The van der Waals surface area contributed by atoms with Crippen molar-refractivity contribution in [3.8, 4) is 11.5 Å². The summed E-state index contributed by atoms with van der Waals surface area (Å²) in [6.45, 7) is 4.25. The van der Waals surface area contributed by atoms with E-state index in [2.05, 4.69) is 26.0 Å². The van der Waals surface area contributed by atoms with Gasteiger partial charge in [-0.2, -0.15) is 0 Å². The second kappa shape index (κ2) is 3.56. The first-order chi connectivity index (χ1) is 7.75. The van der Waals surface area contributed by atoms with Gasteiger partial charge in [-0.3, -0.25) is 0 Å². The number of rotatable bonds is 0. The highest BCUT2D eigenvalue weighted by molar-refractivity contribution is 7.99. The molecule has 16 heavy (non-hydrogen) atoms. The van der Waals surface area contributed by atoms with E-state index in [9.17, 15) is 0 Å². The van der Waals surface area contributed by atoms with E-state index in [0.717, 1.165) is 11.5 Å². The molecule has 1 heterocycles. The molecule has 1 nitrogen and oxygen atoms in total. The maximum absolute atomic E-state index is 5.92. The Hall–Kier alpha value is -1.41. The van der Waals surface area contributed by atoms with Crippen LogP contribution in [0.2, 0.25) is 0 Å². The molecule has 0 fully saturated rings. The maximum Gasteiger partial charge on any atom is 0.141 e. The van der Waals surface area contributed by atoms with Crippen molar-refractivity contribution in [3.63, 3.8) is 0 Å². The molecule has 0 unspecified atom stereocenters. The fourth-order valence-electron chi connectivity index (χ4n) is 1.89. The van der Waals surface area contributed by atoms with Gasteiger partial charge < -0.3 is 4.74 Å². The lowest BCUT2D eigenvalue weighted by Gasteiger charge is -2.22. The standard InChI is InChI=1S/C14H12OS/c1-9-5-3-7-11-13(9)16-14-10(2)6-4-8-12(14)15-11/h3-8H,1-2H3. The molecule has 0 aromatic heterocycles. The Balaban J connectivity index is 2.17. The molecule has 0 saturated heterocycles. The first kappa shape index (κ1) is 9.79. The molecule has 1 aliphatic rings. The monoisotopic (exact) mass is 228 g/mol. The van der Waals surface area contributed by atoms with Gasteiger partial charge in [0.1, 0.15) is 11.5 Å². The zero-order valence-electron chi connectivity index (χ0n) is 9.28. The van der Waals surface area contributed by atoms with Crippen molar-refractivity contribution in [2.45, 2.75) is 23.6 Å². The van der Waals surface area contributed by atoms with E-state index in [0.29, 0.717) is 0 Å². The molecule has 0 bridgehead atoms. The SMILES string of the molecule is Cc1cccc2c1Sc1c(C)cccc1O2. The number of hydrogen-bond donors (Lipinski definition) is 0. The summed E-state index contributed by atoms with van der Waals surface area (Å²) in [6, 6.07) is 12.4. The van der Waals surface area contributed by atoms with Gasteiger partial charge in [-0.1, -0.05) is 36.0 Å². The lowest BCUT2D eigenvalue weighted by atomic mass is 10.2. The molecule has 0 saturated carbocycles. The van der Waals surface area contributed by atoms with E-state index >= 15 is 0 Å². The minimum Gasteiger partial charge on any atom is -0.455 e. The molecule has 2 heteroatoms. The van der Waals surface area contributed by atoms with Crippen molar-refractivity contribution in [1.82, 2.24) is 0 Å². The summed E-state index contributed by atoms with van der Waals surface area (Å²) in [4.78, 5) is 2.48. The normalized spacial score (nSPS) is 12.6. The highest BCUT2D eigenvalue weighted by Crippen LogP contribution is 2.49. The lowest BCUT2D eigenvalue weighted by molar-refractivity contribution is 0.452. The van der Waals surface area contributed by atoms with E-state index < -0.39 is 0 Å². The molecule has 0 spiro atoms. The van der Waals surface area contributed by atoms with Gasteiger partial charge in [0.2, 0.25) is 0 Å². The van der Waals surface area contributed by atoms with Crippen LogP contribution in [-0.2, 0) is 0 Å². The summed E-state index contributed by atoms with van der Waals surface area (Å²) in [5.74, 6) is 1.95. The summed E-state index contributed by atoms with van der Waals surface area (Å²) in [7, 11) is 0. The highest BCUT2D eigenvalue weighted by Gasteiger charge is 2.20. The van der Waals surface area contributed by atoms with Gasteiger partial charge in [0.25, 0.3) is 0 Å². The molecule has 80 valence electrons. The van der Waals surface area contributed by atoms with Crippen LogP contribution in [0.5, 0.6) is 11.5 Å². The van der Waals surface area contributed by atoms with Crippen molar-refractivity contribution in [3.05, 3.63) is 47.5 Å². The fraction of sp³-hybridized carbons (Fsp3) is 0.143. The molecule has 0 amide bonds. The largest absolute Gasteiger partial charge is 0.455 e. The molecule has 0 radical (unpaired) electrons. The zero-order valence-corrected chi connectivity index (χ0v) is 10.1. The maximum atomic E-state index is 5.92. The molecule has 1 aliphatic heterocycles. The summed E-state index contributed by atoms with van der Waals surface area (Å²) in [5.41, 5.74) is 2.55. The summed E-state index contributed by atoms with van der Waals surface area (Å²) in [6.07, 6.45) is 0. The number of benzene rings is 2. The second-order valence-electron chi connectivity index (χ2n) is 4.01. The number of ether oxygens (including phenoxy) is 1. The van der Waals surface area contributed by atoms with E-state index in [1.807, 2.05) is 36.0 Å².